The molecule has 2 aromatic heterocycles. The molecule has 8 nitrogen and oxygen atoms in total. The number of benzene rings is 3. The number of hydrogen-bond acceptors (Lipinski definition) is 5. The van der Waals surface area contributed by atoms with Gasteiger partial charge in [0.2, 0.25) is 5.91 Å². The van der Waals surface area contributed by atoms with Crippen LogP contribution in [0, 0.1) is 0 Å². The van der Waals surface area contributed by atoms with Crippen molar-refractivity contribution < 1.29 is 33.0 Å². The number of nitrogens with zero attached hydrogens (tertiary/aromatic N) is 2. The van der Waals surface area contributed by atoms with Crippen molar-refractivity contribution in [3.05, 3.63) is 113 Å². The molecule has 0 saturated heterocycles. The highest BCUT2D eigenvalue weighted by Gasteiger charge is 2.38. The fraction of sp³-hybridized carbons (Fsp3) is 0.125. The monoisotopic (exact) mass is 589 g/mol. The molecule has 0 aliphatic carbocycles. The Morgan fingerprint density at radius 1 is 0.907 bits per heavy atom. The third-order valence-corrected chi connectivity index (χ3v) is 6.42. The number of rotatable bonds is 6. The number of carboxylic acid groups (broad SMARTS) is 1. The van der Waals surface area contributed by atoms with Gasteiger partial charge in [-0.2, -0.15) is 13.2 Å². The lowest BCUT2D eigenvalue weighted by atomic mass is 9.97. The molecule has 0 bridgehead atoms. The summed E-state index contributed by atoms with van der Waals surface area (Å²) >= 11 is 0. The van der Waals surface area contributed by atoms with Gasteiger partial charge < -0.3 is 20.1 Å². The predicted molar refractivity (Wildman–Crippen MR) is 157 cm³/mol. The van der Waals surface area contributed by atoms with Crippen LogP contribution in [0.4, 0.5) is 18.9 Å². The van der Waals surface area contributed by atoms with Gasteiger partial charge in [-0.25, -0.2) is 9.78 Å². The molecule has 0 radical (unpaired) electrons. The third-order valence-electron chi connectivity index (χ3n) is 6.42. The molecule has 2 heterocycles. The predicted octanol–water partition coefficient (Wildman–Crippen LogP) is 6.54. The molecule has 5 aromatic rings. The van der Waals surface area contributed by atoms with E-state index in [1.54, 1.807) is 48.4 Å². The molecule has 3 N–H and O–H groups in total. The van der Waals surface area contributed by atoms with Gasteiger partial charge in [-0.3, -0.25) is 9.59 Å². The van der Waals surface area contributed by atoms with Gasteiger partial charge in [-0.1, -0.05) is 73.7 Å². The molecule has 11 heteroatoms. The molecule has 3 aromatic carbocycles. The van der Waals surface area contributed by atoms with Crippen LogP contribution in [0.1, 0.15) is 18.9 Å². The third kappa shape index (κ3) is 7.25. The maximum Gasteiger partial charge on any atom is 0.490 e. The molecular formula is C32H26F3N3O5. The molecule has 5 rings (SSSR count). The zero-order valence-corrected chi connectivity index (χ0v) is 22.8. The lowest BCUT2D eigenvalue weighted by Crippen LogP contribution is -2.29. The first kappa shape index (κ1) is 30.5. The van der Waals surface area contributed by atoms with E-state index in [9.17, 15) is 27.9 Å². The zero-order valence-electron chi connectivity index (χ0n) is 22.8. The van der Waals surface area contributed by atoms with Crippen molar-refractivity contribution >= 4 is 28.5 Å². The summed E-state index contributed by atoms with van der Waals surface area (Å²) in [7, 11) is 0. The van der Waals surface area contributed by atoms with Gasteiger partial charge >= 0.3 is 12.1 Å². The van der Waals surface area contributed by atoms with Crippen LogP contribution >= 0.6 is 0 Å². The second kappa shape index (κ2) is 13.0. The van der Waals surface area contributed by atoms with Crippen LogP contribution in [-0.2, 0) is 16.1 Å². The molecule has 0 aliphatic heterocycles. The molecule has 43 heavy (non-hydrogen) atoms. The second-order valence-electron chi connectivity index (χ2n) is 9.31. The normalized spacial score (nSPS) is 11.0. The highest BCUT2D eigenvalue weighted by molar-refractivity contribution is 5.94. The number of amides is 1. The van der Waals surface area contributed by atoms with Crippen LogP contribution in [0.5, 0.6) is 5.75 Å². The number of carbonyl (C=O) groups excluding carboxylic acids is 1. The minimum absolute atomic E-state index is 0.0683. The average molecular weight is 590 g/mol. The summed E-state index contributed by atoms with van der Waals surface area (Å²) in [4.78, 5) is 43.2. The number of aromatic nitrogens is 2. The number of para-hydroxylation sites is 2. The first-order valence-electron chi connectivity index (χ1n) is 13.0. The topological polar surface area (TPSA) is 124 Å². The molecular weight excluding hydrogens is 563 g/mol. The Bertz CT molecular complexity index is 1800. The number of anilines is 1. The molecule has 220 valence electrons. The van der Waals surface area contributed by atoms with Gasteiger partial charge in [0, 0.05) is 23.7 Å². The van der Waals surface area contributed by atoms with Gasteiger partial charge in [0.25, 0.3) is 5.56 Å². The maximum atomic E-state index is 12.7. The Hall–Kier alpha value is -5.45. The van der Waals surface area contributed by atoms with Crippen LogP contribution in [0.25, 0.3) is 33.3 Å². The van der Waals surface area contributed by atoms with Crippen LogP contribution in [-0.4, -0.2) is 38.2 Å². The number of pyridine rings is 2. The Morgan fingerprint density at radius 3 is 2.14 bits per heavy atom. The lowest BCUT2D eigenvalue weighted by molar-refractivity contribution is -0.192. The summed E-state index contributed by atoms with van der Waals surface area (Å²) < 4.78 is 31.7. The standard InChI is InChI=1S/C30H25N3O3.C2HF3O2/c1-2-28(35)33(26-10-6-7-11-27(26)34)19-20-12-14-22(15-13-20)29-23(21-8-4-3-5-9-21)18-24-25(32-29)16-17-31-30(24)36;3-2(4,5)1(6)7/h3-18,34H,2,19H2,1H3,(H,31,36);(H,6,7). The summed E-state index contributed by atoms with van der Waals surface area (Å²) in [6, 6.07) is 28.3. The summed E-state index contributed by atoms with van der Waals surface area (Å²) in [6.07, 6.45) is -3.15. The molecule has 1 amide bonds. The van der Waals surface area contributed by atoms with Gasteiger partial charge in [0.1, 0.15) is 5.75 Å². The number of phenols is 1. The smallest absolute Gasteiger partial charge is 0.490 e. The highest BCUT2D eigenvalue weighted by atomic mass is 19.4. The zero-order chi connectivity index (χ0) is 31.1. The number of aromatic hydroxyl groups is 1. The van der Waals surface area contributed by atoms with Crippen molar-refractivity contribution in [2.75, 3.05) is 4.90 Å². The minimum atomic E-state index is -5.08. The van der Waals surface area contributed by atoms with E-state index >= 15 is 0 Å². The number of H-pyrrole nitrogens is 1. The van der Waals surface area contributed by atoms with Gasteiger partial charge in [0.15, 0.2) is 0 Å². The highest BCUT2D eigenvalue weighted by Crippen LogP contribution is 2.33. The van der Waals surface area contributed by atoms with Crippen molar-refractivity contribution in [1.82, 2.24) is 9.97 Å². The number of alkyl halides is 3. The number of carbonyl (C=O) groups is 2. The number of aliphatic carboxylic acids is 1. The van der Waals surface area contributed by atoms with Crippen LogP contribution in [0.2, 0.25) is 0 Å². The summed E-state index contributed by atoms with van der Waals surface area (Å²) in [6.45, 7) is 2.14. The van der Waals surface area contributed by atoms with E-state index in [0.717, 1.165) is 27.9 Å². The molecule has 0 aliphatic rings. The number of carboxylic acids is 1. The van der Waals surface area contributed by atoms with E-state index in [2.05, 4.69) is 4.98 Å². The number of fused-ring (bicyclic) bond motifs is 1. The van der Waals surface area contributed by atoms with Crippen molar-refractivity contribution in [1.29, 1.82) is 0 Å². The number of halogens is 3. The van der Waals surface area contributed by atoms with Crippen molar-refractivity contribution in [3.8, 4) is 28.1 Å². The first-order valence-corrected chi connectivity index (χ1v) is 13.0. The Morgan fingerprint density at radius 2 is 1.53 bits per heavy atom. The largest absolute Gasteiger partial charge is 0.506 e. The Labute approximate surface area is 243 Å². The van der Waals surface area contributed by atoms with E-state index < -0.39 is 12.1 Å². The average Bonchev–Trinajstić information content (AvgIpc) is 3.00. The van der Waals surface area contributed by atoms with E-state index in [1.165, 1.54) is 0 Å². The number of nitrogens with one attached hydrogen (secondary N) is 1. The van der Waals surface area contributed by atoms with Gasteiger partial charge in [0.05, 0.1) is 28.8 Å². The minimum Gasteiger partial charge on any atom is -0.506 e. The SMILES string of the molecule is CCC(=O)N(Cc1ccc(-c2nc3cc[nH]c(=O)c3cc2-c2ccccc2)cc1)c1ccccc1O.O=C(O)C(F)(F)F. The maximum absolute atomic E-state index is 12.7. The van der Waals surface area contributed by atoms with Crippen LogP contribution in [0.15, 0.2) is 102 Å². The summed E-state index contributed by atoms with van der Waals surface area (Å²) in [5, 5.41) is 18.0. The van der Waals surface area contributed by atoms with Crippen molar-refractivity contribution in [2.45, 2.75) is 26.1 Å². The summed E-state index contributed by atoms with van der Waals surface area (Å²) in [5.74, 6) is -2.76. The van der Waals surface area contributed by atoms with E-state index in [-0.39, 0.29) is 17.2 Å². The lowest BCUT2D eigenvalue weighted by Gasteiger charge is -2.23. The van der Waals surface area contributed by atoms with E-state index in [4.69, 9.17) is 14.9 Å². The van der Waals surface area contributed by atoms with Crippen molar-refractivity contribution in [3.63, 3.8) is 0 Å². The molecule has 0 spiro atoms. The van der Waals surface area contributed by atoms with E-state index in [0.29, 0.717) is 29.6 Å². The molecule has 0 fully saturated rings. The number of phenolic OH excluding ortho intramolecular Hbond substituents is 1. The molecule has 0 unspecified atom stereocenters. The quantitative estimate of drug-likeness (QED) is 0.207. The fourth-order valence-corrected chi connectivity index (χ4v) is 4.31. The first-order chi connectivity index (χ1) is 20.5. The second-order valence-corrected chi connectivity index (χ2v) is 9.31. The van der Waals surface area contributed by atoms with E-state index in [1.807, 2.05) is 60.7 Å². The van der Waals surface area contributed by atoms with Crippen LogP contribution < -0.4 is 10.5 Å². The summed E-state index contributed by atoms with van der Waals surface area (Å²) in [5.41, 5.74) is 5.35. The van der Waals surface area contributed by atoms with Crippen molar-refractivity contribution in [2.24, 2.45) is 0 Å². The Kier molecular flexibility index (Phi) is 9.24. The van der Waals surface area contributed by atoms with Gasteiger partial charge in [-0.05, 0) is 35.4 Å². The van der Waals surface area contributed by atoms with Crippen LogP contribution in [0.3, 0.4) is 0 Å². The number of hydrogen-bond donors (Lipinski definition) is 3. The fourth-order valence-electron chi connectivity index (χ4n) is 4.31. The van der Waals surface area contributed by atoms with Gasteiger partial charge in [-0.15, -0.1) is 0 Å². The number of aromatic amines is 1. The Balaban J connectivity index is 0.000000541. The molecule has 0 atom stereocenters. The molecule has 0 saturated carbocycles.